The standard InChI is InChI=1S/C10H9N3/c1-2-4-9-8(3-1)12-10-7-11-5-6-13(9)10/h1-4,11H,5-6H2. The van der Waals surface area contributed by atoms with Gasteiger partial charge in [-0.1, -0.05) is 12.1 Å². The van der Waals surface area contributed by atoms with Crippen LogP contribution in [0.2, 0.25) is 0 Å². The number of hydrogen-bond acceptors (Lipinski definition) is 2. The molecule has 2 heterocycles. The van der Waals surface area contributed by atoms with Crippen molar-refractivity contribution in [2.75, 3.05) is 6.54 Å². The second kappa shape index (κ2) is 2.57. The third-order valence-corrected chi connectivity index (χ3v) is 2.32. The summed E-state index contributed by atoms with van der Waals surface area (Å²) in [6.07, 6.45) is 0. The molecule has 1 aromatic heterocycles. The molecule has 0 amide bonds. The molecule has 0 aliphatic carbocycles. The van der Waals surface area contributed by atoms with Gasteiger partial charge in [-0.3, -0.25) is 5.32 Å². The number of aromatic nitrogens is 2. The van der Waals surface area contributed by atoms with Gasteiger partial charge in [-0.25, -0.2) is 4.98 Å². The van der Waals surface area contributed by atoms with E-state index < -0.39 is 0 Å². The van der Waals surface area contributed by atoms with Crippen LogP contribution in [0.1, 0.15) is 5.82 Å². The summed E-state index contributed by atoms with van der Waals surface area (Å²) in [5.74, 6) is 0.910. The molecule has 2 aromatic rings. The molecule has 3 nitrogen and oxygen atoms in total. The molecule has 64 valence electrons. The highest BCUT2D eigenvalue weighted by Gasteiger charge is 2.13. The van der Waals surface area contributed by atoms with E-state index in [1.54, 1.807) is 0 Å². The van der Waals surface area contributed by atoms with E-state index in [1.807, 2.05) is 18.2 Å². The maximum absolute atomic E-state index is 4.44. The molecule has 3 rings (SSSR count). The minimum atomic E-state index is 0.910. The fourth-order valence-corrected chi connectivity index (χ4v) is 1.71. The molecular formula is C10H9N3. The van der Waals surface area contributed by atoms with Crippen molar-refractivity contribution in [3.05, 3.63) is 36.6 Å². The molecule has 0 spiro atoms. The Morgan fingerprint density at radius 2 is 2.31 bits per heavy atom. The zero-order valence-corrected chi connectivity index (χ0v) is 7.12. The molecule has 0 saturated carbocycles. The number of hydrogen-bond donors (Lipinski definition) is 1. The topological polar surface area (TPSA) is 29.9 Å². The van der Waals surface area contributed by atoms with Crippen LogP contribution in [-0.4, -0.2) is 16.1 Å². The summed E-state index contributed by atoms with van der Waals surface area (Å²) in [7, 11) is 0. The number of nitrogens with one attached hydrogen (secondary N) is 1. The van der Waals surface area contributed by atoms with Crippen LogP contribution in [-0.2, 0) is 6.54 Å². The minimum absolute atomic E-state index is 0.910. The molecule has 1 N–H and O–H groups in total. The van der Waals surface area contributed by atoms with Crippen molar-refractivity contribution >= 4 is 11.0 Å². The third kappa shape index (κ3) is 0.971. The second-order valence-corrected chi connectivity index (χ2v) is 3.13. The Morgan fingerprint density at radius 1 is 1.38 bits per heavy atom. The van der Waals surface area contributed by atoms with Gasteiger partial charge in [0.25, 0.3) is 0 Å². The first-order valence-corrected chi connectivity index (χ1v) is 4.39. The SMILES string of the molecule is [C]1NCCn2c1nc1ccccc12. The lowest BCUT2D eigenvalue weighted by molar-refractivity contribution is 0.591. The molecule has 1 aliphatic heterocycles. The summed E-state index contributed by atoms with van der Waals surface area (Å²) >= 11 is 0. The van der Waals surface area contributed by atoms with Crippen LogP contribution >= 0.6 is 0 Å². The van der Waals surface area contributed by atoms with E-state index in [-0.39, 0.29) is 0 Å². The molecule has 1 aromatic carbocycles. The van der Waals surface area contributed by atoms with Gasteiger partial charge in [-0.2, -0.15) is 0 Å². The number of benzene rings is 1. The molecular weight excluding hydrogens is 162 g/mol. The van der Waals surface area contributed by atoms with Crippen molar-refractivity contribution in [2.24, 2.45) is 0 Å². The van der Waals surface area contributed by atoms with Crippen LogP contribution < -0.4 is 5.32 Å². The molecule has 1 aliphatic rings. The third-order valence-electron chi connectivity index (χ3n) is 2.32. The Bertz CT molecular complexity index is 444. The fraction of sp³-hybridized carbons (Fsp3) is 0.200. The zero-order valence-electron chi connectivity index (χ0n) is 7.12. The van der Waals surface area contributed by atoms with E-state index in [0.29, 0.717) is 0 Å². The smallest absolute Gasteiger partial charge is 0.135 e. The summed E-state index contributed by atoms with van der Waals surface area (Å²) in [5, 5.41) is 3.07. The average molecular weight is 171 g/mol. The van der Waals surface area contributed by atoms with E-state index >= 15 is 0 Å². The normalized spacial score (nSPS) is 16.0. The van der Waals surface area contributed by atoms with Gasteiger partial charge in [0, 0.05) is 13.1 Å². The van der Waals surface area contributed by atoms with Gasteiger partial charge in [-0.15, -0.1) is 0 Å². The average Bonchev–Trinajstić information content (AvgIpc) is 2.56. The number of para-hydroxylation sites is 2. The van der Waals surface area contributed by atoms with E-state index in [2.05, 4.69) is 27.5 Å². The Morgan fingerprint density at radius 3 is 3.31 bits per heavy atom. The number of fused-ring (bicyclic) bond motifs is 3. The number of rotatable bonds is 0. The van der Waals surface area contributed by atoms with E-state index in [4.69, 9.17) is 0 Å². The van der Waals surface area contributed by atoms with Crippen LogP contribution in [0.25, 0.3) is 11.0 Å². The highest BCUT2D eigenvalue weighted by molar-refractivity contribution is 5.76. The first-order valence-electron chi connectivity index (χ1n) is 4.39. The Kier molecular flexibility index (Phi) is 1.40. The van der Waals surface area contributed by atoms with Gasteiger partial charge in [0.05, 0.1) is 11.0 Å². The van der Waals surface area contributed by atoms with Crippen molar-refractivity contribution < 1.29 is 0 Å². The summed E-state index contributed by atoms with van der Waals surface area (Å²) in [5.41, 5.74) is 2.25. The molecule has 2 radical (unpaired) electrons. The Balaban J connectivity index is 2.34. The molecule has 13 heavy (non-hydrogen) atoms. The molecule has 0 atom stereocenters. The molecule has 0 fully saturated rings. The van der Waals surface area contributed by atoms with E-state index in [0.717, 1.165) is 24.4 Å². The first kappa shape index (κ1) is 7.09. The highest BCUT2D eigenvalue weighted by Crippen LogP contribution is 2.17. The predicted molar refractivity (Wildman–Crippen MR) is 50.1 cm³/mol. The maximum Gasteiger partial charge on any atom is 0.135 e. The summed E-state index contributed by atoms with van der Waals surface area (Å²) < 4.78 is 2.19. The molecule has 0 bridgehead atoms. The molecule has 3 heteroatoms. The lowest BCUT2D eigenvalue weighted by Crippen LogP contribution is -2.26. The Hall–Kier alpha value is -1.35. The maximum atomic E-state index is 4.44. The van der Waals surface area contributed by atoms with Crippen molar-refractivity contribution in [2.45, 2.75) is 6.54 Å². The quantitative estimate of drug-likeness (QED) is 0.641. The van der Waals surface area contributed by atoms with Crippen molar-refractivity contribution in [3.63, 3.8) is 0 Å². The van der Waals surface area contributed by atoms with Crippen molar-refractivity contribution in [1.82, 2.24) is 14.9 Å². The first-order chi connectivity index (χ1) is 6.45. The highest BCUT2D eigenvalue weighted by atomic mass is 15.1. The molecule has 0 saturated heterocycles. The van der Waals surface area contributed by atoms with Gasteiger partial charge in [0.15, 0.2) is 0 Å². The predicted octanol–water partition coefficient (Wildman–Crippen LogP) is 1.03. The lowest BCUT2D eigenvalue weighted by Gasteiger charge is -2.13. The lowest BCUT2D eigenvalue weighted by atomic mass is 10.3. The summed E-state index contributed by atoms with van der Waals surface area (Å²) in [6, 6.07) is 8.18. The van der Waals surface area contributed by atoms with Crippen LogP contribution in [0, 0.1) is 6.54 Å². The zero-order chi connectivity index (χ0) is 8.67. The largest absolute Gasteiger partial charge is 0.325 e. The van der Waals surface area contributed by atoms with Crippen molar-refractivity contribution in [3.8, 4) is 0 Å². The fourth-order valence-electron chi connectivity index (χ4n) is 1.71. The van der Waals surface area contributed by atoms with Crippen LogP contribution in [0.3, 0.4) is 0 Å². The number of nitrogens with zero attached hydrogens (tertiary/aromatic N) is 2. The van der Waals surface area contributed by atoms with Gasteiger partial charge in [0.1, 0.15) is 12.4 Å². The van der Waals surface area contributed by atoms with E-state index in [9.17, 15) is 0 Å². The summed E-state index contributed by atoms with van der Waals surface area (Å²) in [4.78, 5) is 4.44. The van der Waals surface area contributed by atoms with Gasteiger partial charge in [-0.05, 0) is 12.1 Å². The van der Waals surface area contributed by atoms with Crippen molar-refractivity contribution in [1.29, 1.82) is 0 Å². The van der Waals surface area contributed by atoms with E-state index in [1.165, 1.54) is 5.52 Å². The van der Waals surface area contributed by atoms with Gasteiger partial charge < -0.3 is 4.57 Å². The van der Waals surface area contributed by atoms with Crippen LogP contribution in [0.5, 0.6) is 0 Å². The number of imidazole rings is 1. The van der Waals surface area contributed by atoms with Gasteiger partial charge >= 0.3 is 0 Å². The summed E-state index contributed by atoms with van der Waals surface area (Å²) in [6.45, 7) is 4.97. The molecule has 0 unspecified atom stereocenters. The van der Waals surface area contributed by atoms with Gasteiger partial charge in [0.2, 0.25) is 0 Å². The minimum Gasteiger partial charge on any atom is -0.325 e. The Labute approximate surface area is 76.4 Å². The second-order valence-electron chi connectivity index (χ2n) is 3.13. The van der Waals surface area contributed by atoms with Crippen LogP contribution in [0.15, 0.2) is 24.3 Å². The monoisotopic (exact) mass is 171 g/mol. The van der Waals surface area contributed by atoms with Crippen LogP contribution in [0.4, 0.5) is 0 Å².